The van der Waals surface area contributed by atoms with Gasteiger partial charge in [-0.15, -0.1) is 0 Å². The normalized spacial score (nSPS) is 10.0. The highest BCUT2D eigenvalue weighted by Crippen LogP contribution is 2.11. The number of rotatable bonds is 4. The molecule has 1 nitrogen and oxygen atoms in total. The Morgan fingerprint density at radius 1 is 1.54 bits per heavy atom. The highest BCUT2D eigenvalue weighted by molar-refractivity contribution is 5.48. The fraction of sp³-hybridized carbons (Fsp3) is 0.273. The first-order valence-corrected chi connectivity index (χ1v) is 4.39. The van der Waals surface area contributed by atoms with E-state index in [4.69, 9.17) is 0 Å². The molecule has 1 rings (SSSR count). The van der Waals surface area contributed by atoms with E-state index in [1.165, 1.54) is 12.1 Å². The van der Waals surface area contributed by atoms with Gasteiger partial charge in [-0.3, -0.25) is 0 Å². The minimum Gasteiger partial charge on any atom is -0.313 e. The summed E-state index contributed by atoms with van der Waals surface area (Å²) in [6.07, 6.45) is 1.53. The molecule has 0 saturated heterocycles. The van der Waals surface area contributed by atoms with E-state index in [1.54, 1.807) is 6.07 Å². The lowest BCUT2D eigenvalue weighted by atomic mass is 10.1. The molecule has 0 heterocycles. The lowest BCUT2D eigenvalue weighted by molar-refractivity contribution is 0.623. The van der Waals surface area contributed by atoms with Crippen molar-refractivity contribution in [3.05, 3.63) is 41.7 Å². The molecule has 0 unspecified atom stereocenters. The second-order valence-corrected chi connectivity index (χ2v) is 2.84. The monoisotopic (exact) mass is 179 g/mol. The first kappa shape index (κ1) is 9.93. The van der Waals surface area contributed by atoms with Gasteiger partial charge in [-0.2, -0.15) is 0 Å². The lowest BCUT2D eigenvalue weighted by Gasteiger charge is -2.03. The molecule has 0 radical (unpaired) electrons. The Labute approximate surface area is 78.3 Å². The molecule has 0 spiro atoms. The molecular formula is C11H14FN. The molecule has 0 aliphatic carbocycles. The minimum absolute atomic E-state index is 0.213. The predicted molar refractivity (Wildman–Crippen MR) is 53.9 cm³/mol. The minimum atomic E-state index is -0.213. The quantitative estimate of drug-likeness (QED) is 0.749. The van der Waals surface area contributed by atoms with E-state index in [0.29, 0.717) is 5.56 Å². The van der Waals surface area contributed by atoms with Crippen molar-refractivity contribution in [1.29, 1.82) is 0 Å². The Balaban J connectivity index is 2.80. The van der Waals surface area contributed by atoms with Gasteiger partial charge in [-0.05, 0) is 24.2 Å². The van der Waals surface area contributed by atoms with E-state index in [1.807, 2.05) is 13.0 Å². The summed E-state index contributed by atoms with van der Waals surface area (Å²) in [5.41, 5.74) is 1.65. The van der Waals surface area contributed by atoms with Gasteiger partial charge in [-0.1, -0.05) is 25.6 Å². The van der Waals surface area contributed by atoms with Crippen LogP contribution in [0, 0.1) is 5.82 Å². The second-order valence-electron chi connectivity index (χ2n) is 2.84. The Hall–Kier alpha value is -1.15. The maximum Gasteiger partial charge on any atom is 0.130 e. The average Bonchev–Trinajstić information content (AvgIpc) is 2.16. The molecule has 0 saturated carbocycles. The molecule has 0 bridgehead atoms. The molecule has 1 aromatic carbocycles. The van der Waals surface area contributed by atoms with Crippen LogP contribution in [0.3, 0.4) is 0 Å². The van der Waals surface area contributed by atoms with Gasteiger partial charge >= 0.3 is 0 Å². The van der Waals surface area contributed by atoms with Crippen LogP contribution in [0.15, 0.2) is 24.8 Å². The van der Waals surface area contributed by atoms with Crippen LogP contribution in [0.1, 0.15) is 18.1 Å². The third-order valence-electron chi connectivity index (χ3n) is 1.86. The smallest absolute Gasteiger partial charge is 0.130 e. The van der Waals surface area contributed by atoms with Crippen LogP contribution in [-0.2, 0) is 6.54 Å². The second kappa shape index (κ2) is 4.77. The Morgan fingerprint density at radius 3 is 2.92 bits per heavy atom. The summed E-state index contributed by atoms with van der Waals surface area (Å²) in [5.74, 6) is -0.213. The molecule has 0 aliphatic heterocycles. The molecular weight excluding hydrogens is 165 g/mol. The van der Waals surface area contributed by atoms with E-state index in [9.17, 15) is 4.39 Å². The van der Waals surface area contributed by atoms with Gasteiger partial charge in [-0.25, -0.2) is 4.39 Å². The van der Waals surface area contributed by atoms with E-state index in [2.05, 4.69) is 11.9 Å². The number of nitrogens with one attached hydrogen (secondary N) is 1. The Bertz CT molecular complexity index is 294. The van der Waals surface area contributed by atoms with Gasteiger partial charge < -0.3 is 5.32 Å². The zero-order valence-electron chi connectivity index (χ0n) is 7.81. The summed E-state index contributed by atoms with van der Waals surface area (Å²) in [7, 11) is 0. The number of hydrogen-bond acceptors (Lipinski definition) is 1. The average molecular weight is 179 g/mol. The van der Waals surface area contributed by atoms with Crippen molar-refractivity contribution in [2.24, 2.45) is 0 Å². The zero-order chi connectivity index (χ0) is 9.68. The summed E-state index contributed by atoms with van der Waals surface area (Å²) in [5, 5.41) is 3.18. The summed E-state index contributed by atoms with van der Waals surface area (Å²) in [6.45, 7) is 7.29. The molecule has 1 N–H and O–H groups in total. The largest absolute Gasteiger partial charge is 0.313 e. The predicted octanol–water partition coefficient (Wildman–Crippen LogP) is 2.58. The van der Waals surface area contributed by atoms with Crippen LogP contribution in [0.4, 0.5) is 4.39 Å². The van der Waals surface area contributed by atoms with Crippen LogP contribution in [0.25, 0.3) is 6.08 Å². The Morgan fingerprint density at radius 2 is 2.31 bits per heavy atom. The lowest BCUT2D eigenvalue weighted by Crippen LogP contribution is -2.11. The van der Waals surface area contributed by atoms with Crippen molar-refractivity contribution >= 4 is 6.08 Å². The fourth-order valence-electron chi connectivity index (χ4n) is 1.13. The van der Waals surface area contributed by atoms with Crippen molar-refractivity contribution in [2.45, 2.75) is 13.5 Å². The summed E-state index contributed by atoms with van der Waals surface area (Å²) in [4.78, 5) is 0. The van der Waals surface area contributed by atoms with Gasteiger partial charge in [0.05, 0.1) is 0 Å². The van der Waals surface area contributed by atoms with Crippen molar-refractivity contribution in [3.8, 4) is 0 Å². The number of hydrogen-bond donors (Lipinski definition) is 1. The van der Waals surface area contributed by atoms with Gasteiger partial charge in [0.15, 0.2) is 0 Å². The van der Waals surface area contributed by atoms with Gasteiger partial charge in [0.1, 0.15) is 5.82 Å². The maximum absolute atomic E-state index is 13.0. The number of benzene rings is 1. The molecule has 0 amide bonds. The van der Waals surface area contributed by atoms with Crippen LogP contribution in [0.5, 0.6) is 0 Å². The third kappa shape index (κ3) is 2.67. The molecule has 0 atom stereocenters. The first-order valence-electron chi connectivity index (χ1n) is 4.39. The van der Waals surface area contributed by atoms with Crippen LogP contribution < -0.4 is 5.32 Å². The highest BCUT2D eigenvalue weighted by Gasteiger charge is 1.99. The molecule has 0 aromatic heterocycles. The molecule has 2 heteroatoms. The maximum atomic E-state index is 13.0. The van der Waals surface area contributed by atoms with Crippen molar-refractivity contribution in [1.82, 2.24) is 5.32 Å². The van der Waals surface area contributed by atoms with Crippen molar-refractivity contribution in [3.63, 3.8) is 0 Å². The highest BCUT2D eigenvalue weighted by atomic mass is 19.1. The topological polar surface area (TPSA) is 12.0 Å². The molecule has 13 heavy (non-hydrogen) atoms. The van der Waals surface area contributed by atoms with Crippen LogP contribution in [-0.4, -0.2) is 6.54 Å². The van der Waals surface area contributed by atoms with E-state index in [-0.39, 0.29) is 5.82 Å². The molecule has 0 aliphatic rings. The standard InChI is InChI=1S/C11H14FN/c1-3-10-7-9(8-13-4-2)5-6-11(10)12/h3,5-7,13H,1,4,8H2,2H3. The number of halogens is 1. The molecule has 1 aromatic rings. The van der Waals surface area contributed by atoms with E-state index >= 15 is 0 Å². The third-order valence-corrected chi connectivity index (χ3v) is 1.86. The summed E-state index contributed by atoms with van der Waals surface area (Å²) >= 11 is 0. The van der Waals surface area contributed by atoms with Crippen molar-refractivity contribution < 1.29 is 4.39 Å². The van der Waals surface area contributed by atoms with Crippen LogP contribution in [0.2, 0.25) is 0 Å². The zero-order valence-corrected chi connectivity index (χ0v) is 7.81. The Kier molecular flexibility index (Phi) is 3.65. The SMILES string of the molecule is C=Cc1cc(CNCC)ccc1F. The van der Waals surface area contributed by atoms with Crippen molar-refractivity contribution in [2.75, 3.05) is 6.54 Å². The van der Waals surface area contributed by atoms with Crippen LogP contribution >= 0.6 is 0 Å². The first-order chi connectivity index (χ1) is 6.27. The van der Waals surface area contributed by atoms with Gasteiger partial charge in [0.2, 0.25) is 0 Å². The van der Waals surface area contributed by atoms with Gasteiger partial charge in [0.25, 0.3) is 0 Å². The van der Waals surface area contributed by atoms with E-state index < -0.39 is 0 Å². The fourth-order valence-corrected chi connectivity index (χ4v) is 1.13. The summed E-state index contributed by atoms with van der Waals surface area (Å²) < 4.78 is 13.0. The molecule has 70 valence electrons. The molecule has 0 fully saturated rings. The summed E-state index contributed by atoms with van der Waals surface area (Å²) in [6, 6.07) is 5.07. The van der Waals surface area contributed by atoms with Gasteiger partial charge in [0, 0.05) is 12.1 Å². The van der Waals surface area contributed by atoms with E-state index in [0.717, 1.165) is 18.7 Å².